The molecule has 0 radical (unpaired) electrons. The number of ether oxygens (including phenoxy) is 2. The van der Waals surface area contributed by atoms with Gasteiger partial charge in [0.05, 0.1) is 31.6 Å². The van der Waals surface area contributed by atoms with Gasteiger partial charge < -0.3 is 14.5 Å². The second kappa shape index (κ2) is 8.18. The largest absolute Gasteiger partial charge is 0.380 e. The van der Waals surface area contributed by atoms with E-state index < -0.39 is 0 Å². The number of rotatable bonds is 5. The van der Waals surface area contributed by atoms with Gasteiger partial charge >= 0.3 is 0 Å². The third-order valence-electron chi connectivity index (χ3n) is 7.32. The van der Waals surface area contributed by atoms with Gasteiger partial charge in [0.15, 0.2) is 5.65 Å². The van der Waals surface area contributed by atoms with E-state index in [4.69, 9.17) is 9.47 Å². The summed E-state index contributed by atoms with van der Waals surface area (Å²) in [6, 6.07) is 8.98. The van der Waals surface area contributed by atoms with E-state index in [1.54, 1.807) is 6.33 Å². The van der Waals surface area contributed by atoms with E-state index in [0.29, 0.717) is 5.92 Å². The van der Waals surface area contributed by atoms with Gasteiger partial charge in [0.2, 0.25) is 0 Å². The highest BCUT2D eigenvalue weighted by Gasteiger charge is 2.36. The molecule has 34 heavy (non-hydrogen) atoms. The molecule has 5 heterocycles. The summed E-state index contributed by atoms with van der Waals surface area (Å²) < 4.78 is 13.6. The first-order valence-electron chi connectivity index (χ1n) is 12.3. The number of H-pyrrole nitrogens is 1. The second-order valence-electron chi connectivity index (χ2n) is 10.7. The Morgan fingerprint density at radius 3 is 2.85 bits per heavy atom. The van der Waals surface area contributed by atoms with Gasteiger partial charge in [-0.25, -0.2) is 9.50 Å². The van der Waals surface area contributed by atoms with Crippen LogP contribution in [0.15, 0.2) is 36.8 Å². The number of hydrogen-bond donors (Lipinski definition) is 1. The number of aryl methyl sites for hydroxylation is 1. The molecule has 1 atom stereocenters. The summed E-state index contributed by atoms with van der Waals surface area (Å²) in [5.74, 6) is 0.369. The van der Waals surface area contributed by atoms with Crippen LogP contribution in [0.25, 0.3) is 27.8 Å². The molecule has 2 saturated heterocycles. The first kappa shape index (κ1) is 21.8. The highest BCUT2D eigenvalue weighted by Crippen LogP contribution is 2.38. The Morgan fingerprint density at radius 2 is 2.09 bits per heavy atom. The van der Waals surface area contributed by atoms with Gasteiger partial charge in [0.1, 0.15) is 6.33 Å². The fraction of sp³-hybridized carbons (Fsp3) is 0.481. The third-order valence-corrected chi connectivity index (χ3v) is 7.32. The fourth-order valence-electron chi connectivity index (χ4n) is 5.62. The van der Waals surface area contributed by atoms with Crippen molar-refractivity contribution in [3.63, 3.8) is 0 Å². The lowest BCUT2D eigenvalue weighted by Crippen LogP contribution is -2.51. The minimum absolute atomic E-state index is 0.0925. The number of nitrogens with one attached hydrogen (secondary N) is 1. The number of morpholine rings is 1. The van der Waals surface area contributed by atoms with Crippen LogP contribution in [-0.4, -0.2) is 63.9 Å². The van der Waals surface area contributed by atoms with E-state index in [0.717, 1.165) is 67.4 Å². The van der Waals surface area contributed by atoms with Crippen molar-refractivity contribution in [2.24, 2.45) is 5.41 Å². The molecule has 2 aliphatic rings. The molecular formula is C27H33N5O2. The lowest BCUT2D eigenvalue weighted by molar-refractivity contribution is -0.129. The third kappa shape index (κ3) is 3.72. The van der Waals surface area contributed by atoms with Crippen molar-refractivity contribution in [1.82, 2.24) is 24.5 Å². The van der Waals surface area contributed by atoms with Gasteiger partial charge in [-0.3, -0.25) is 4.90 Å². The zero-order valence-electron chi connectivity index (χ0n) is 20.5. The number of aromatic nitrogens is 4. The van der Waals surface area contributed by atoms with Crippen molar-refractivity contribution in [3.05, 3.63) is 53.5 Å². The van der Waals surface area contributed by atoms with Gasteiger partial charge in [-0.2, -0.15) is 5.10 Å². The van der Waals surface area contributed by atoms with Crippen LogP contribution < -0.4 is 0 Å². The molecule has 3 aromatic heterocycles. The SMILES string of the molecule is Cc1cc(-c2[nH]c3ccc(C4CN(CC5(C)COC5)CCO4)cc3c2C(C)C)cn2ncnc12. The molecule has 0 amide bonds. The molecule has 0 spiro atoms. The van der Waals surface area contributed by atoms with Crippen LogP contribution >= 0.6 is 0 Å². The maximum absolute atomic E-state index is 6.25. The summed E-state index contributed by atoms with van der Waals surface area (Å²) in [4.78, 5) is 10.6. The average molecular weight is 460 g/mol. The zero-order chi connectivity index (χ0) is 23.4. The number of benzene rings is 1. The molecule has 1 unspecified atom stereocenters. The smallest absolute Gasteiger partial charge is 0.158 e. The minimum atomic E-state index is 0.0925. The molecule has 178 valence electrons. The Morgan fingerprint density at radius 1 is 1.24 bits per heavy atom. The number of fused-ring (bicyclic) bond motifs is 2. The van der Waals surface area contributed by atoms with Crippen LogP contribution in [0.4, 0.5) is 0 Å². The lowest BCUT2D eigenvalue weighted by atomic mass is 9.87. The van der Waals surface area contributed by atoms with E-state index in [9.17, 15) is 0 Å². The topological polar surface area (TPSA) is 67.7 Å². The first-order valence-corrected chi connectivity index (χ1v) is 12.3. The number of aromatic amines is 1. The molecule has 7 nitrogen and oxygen atoms in total. The summed E-state index contributed by atoms with van der Waals surface area (Å²) in [6.45, 7) is 14.4. The maximum atomic E-state index is 6.25. The molecule has 1 N–H and O–H groups in total. The van der Waals surface area contributed by atoms with Gasteiger partial charge in [-0.1, -0.05) is 26.8 Å². The Hall–Kier alpha value is -2.74. The summed E-state index contributed by atoms with van der Waals surface area (Å²) in [6.07, 6.45) is 3.77. The highest BCUT2D eigenvalue weighted by atomic mass is 16.5. The molecule has 7 heteroatoms. The highest BCUT2D eigenvalue weighted by molar-refractivity contribution is 5.92. The monoisotopic (exact) mass is 459 g/mol. The van der Waals surface area contributed by atoms with Crippen molar-refractivity contribution in [3.8, 4) is 11.3 Å². The van der Waals surface area contributed by atoms with Crippen LogP contribution in [-0.2, 0) is 9.47 Å². The number of nitrogens with zero attached hydrogens (tertiary/aromatic N) is 4. The zero-order valence-corrected chi connectivity index (χ0v) is 20.5. The van der Waals surface area contributed by atoms with E-state index in [1.807, 2.05) is 4.52 Å². The molecule has 0 bridgehead atoms. The second-order valence-corrected chi connectivity index (χ2v) is 10.7. The molecule has 2 aliphatic heterocycles. The molecule has 2 fully saturated rings. The number of hydrogen-bond acceptors (Lipinski definition) is 5. The Kier molecular flexibility index (Phi) is 5.24. The normalized spacial score (nSPS) is 20.9. The molecular weight excluding hydrogens is 426 g/mol. The Balaban J connectivity index is 1.36. The van der Waals surface area contributed by atoms with Gasteiger partial charge in [-0.05, 0) is 47.7 Å². The van der Waals surface area contributed by atoms with Crippen molar-refractivity contribution in [2.75, 3.05) is 39.5 Å². The summed E-state index contributed by atoms with van der Waals surface area (Å²) >= 11 is 0. The van der Waals surface area contributed by atoms with Crippen LogP contribution in [0.3, 0.4) is 0 Å². The lowest BCUT2D eigenvalue weighted by Gasteiger charge is -2.44. The van der Waals surface area contributed by atoms with E-state index in [-0.39, 0.29) is 11.5 Å². The van der Waals surface area contributed by atoms with E-state index in [1.165, 1.54) is 16.5 Å². The average Bonchev–Trinajstić information content (AvgIpc) is 3.42. The molecule has 0 saturated carbocycles. The molecule has 4 aromatic rings. The predicted octanol–water partition coefficient (Wildman–Crippen LogP) is 4.72. The fourth-order valence-corrected chi connectivity index (χ4v) is 5.62. The summed E-state index contributed by atoms with van der Waals surface area (Å²) in [5.41, 5.74) is 8.34. The van der Waals surface area contributed by atoms with Gasteiger partial charge in [0.25, 0.3) is 0 Å². The Labute approximate surface area is 200 Å². The van der Waals surface area contributed by atoms with Crippen molar-refractivity contribution < 1.29 is 9.47 Å². The number of pyridine rings is 1. The minimum Gasteiger partial charge on any atom is -0.380 e. The van der Waals surface area contributed by atoms with Crippen molar-refractivity contribution >= 4 is 16.6 Å². The predicted molar refractivity (Wildman–Crippen MR) is 133 cm³/mol. The standard InChI is InChI=1S/C27H33N5O2/c1-17(2)24-21-10-19(23-12-31(7-8-34-23)13-27(4)14-33-15-27)5-6-22(21)30-25(24)20-9-18(3)26-28-16-29-32(26)11-20/h5-6,9-11,16-17,23,30H,7-8,12-15H2,1-4H3. The van der Waals surface area contributed by atoms with Crippen molar-refractivity contribution in [1.29, 1.82) is 0 Å². The van der Waals surface area contributed by atoms with E-state index in [2.05, 4.69) is 78.1 Å². The van der Waals surface area contributed by atoms with Crippen LogP contribution in [0.1, 0.15) is 49.5 Å². The Bertz CT molecular complexity index is 1350. The molecule has 0 aliphatic carbocycles. The van der Waals surface area contributed by atoms with Crippen LogP contribution in [0, 0.1) is 12.3 Å². The maximum Gasteiger partial charge on any atom is 0.158 e. The van der Waals surface area contributed by atoms with Gasteiger partial charge in [-0.15, -0.1) is 0 Å². The van der Waals surface area contributed by atoms with Gasteiger partial charge in [0, 0.05) is 47.7 Å². The van der Waals surface area contributed by atoms with Crippen molar-refractivity contribution in [2.45, 2.75) is 39.7 Å². The van der Waals surface area contributed by atoms with E-state index >= 15 is 0 Å². The first-order chi connectivity index (χ1) is 16.4. The van der Waals surface area contributed by atoms with Crippen LogP contribution in [0.2, 0.25) is 0 Å². The summed E-state index contributed by atoms with van der Waals surface area (Å²) in [7, 11) is 0. The molecule has 1 aromatic carbocycles. The summed E-state index contributed by atoms with van der Waals surface area (Å²) in [5, 5.41) is 5.65. The quantitative estimate of drug-likeness (QED) is 0.468. The van der Waals surface area contributed by atoms with Crippen LogP contribution in [0.5, 0.6) is 0 Å². The molecule has 6 rings (SSSR count).